The fourth-order valence-electron chi connectivity index (χ4n) is 4.77. The summed E-state index contributed by atoms with van der Waals surface area (Å²) in [5, 5.41) is 0.382. The molecule has 34 heavy (non-hydrogen) atoms. The first-order valence-electron chi connectivity index (χ1n) is 10.8. The normalized spacial score (nSPS) is 16.1. The summed E-state index contributed by atoms with van der Waals surface area (Å²) in [5.41, 5.74) is 2.34. The second-order valence-corrected chi connectivity index (χ2v) is 8.55. The molecular formula is C25H22F3N3O3. The first-order valence-corrected chi connectivity index (χ1v) is 10.8. The summed E-state index contributed by atoms with van der Waals surface area (Å²) in [7, 11) is 3.02. The highest BCUT2D eigenvalue weighted by molar-refractivity contribution is 5.96. The molecule has 0 unspecified atom stereocenters. The predicted molar refractivity (Wildman–Crippen MR) is 122 cm³/mol. The zero-order valence-electron chi connectivity index (χ0n) is 18.8. The fourth-order valence-corrected chi connectivity index (χ4v) is 4.77. The molecule has 1 aliphatic rings. The van der Waals surface area contributed by atoms with Crippen molar-refractivity contribution in [3.05, 3.63) is 91.8 Å². The van der Waals surface area contributed by atoms with Crippen LogP contribution in [0.1, 0.15) is 28.5 Å². The van der Waals surface area contributed by atoms with Crippen LogP contribution in [0.15, 0.2) is 58.1 Å². The van der Waals surface area contributed by atoms with Crippen LogP contribution in [0, 0.1) is 6.92 Å². The van der Waals surface area contributed by atoms with Gasteiger partial charge in [-0.05, 0) is 36.2 Å². The minimum Gasteiger partial charge on any atom is -0.365 e. The number of alkyl halides is 3. The van der Waals surface area contributed by atoms with Gasteiger partial charge in [0.2, 0.25) is 0 Å². The van der Waals surface area contributed by atoms with Crippen LogP contribution in [-0.2, 0) is 31.6 Å². The predicted octanol–water partition coefficient (Wildman–Crippen LogP) is 4.15. The van der Waals surface area contributed by atoms with Crippen molar-refractivity contribution in [3.8, 4) is 11.3 Å². The van der Waals surface area contributed by atoms with Gasteiger partial charge in [0, 0.05) is 20.6 Å². The van der Waals surface area contributed by atoms with Gasteiger partial charge in [0.05, 0.1) is 34.5 Å². The van der Waals surface area contributed by atoms with Crippen LogP contribution in [-0.4, -0.2) is 20.3 Å². The molecule has 1 aliphatic heterocycles. The number of aryl methyl sites for hydroxylation is 2. The maximum absolute atomic E-state index is 13.4. The Morgan fingerprint density at radius 1 is 1.00 bits per heavy atom. The summed E-state index contributed by atoms with van der Waals surface area (Å²) in [5.74, 6) is 0. The Balaban J connectivity index is 1.85. The summed E-state index contributed by atoms with van der Waals surface area (Å²) >= 11 is 0. The van der Waals surface area contributed by atoms with Gasteiger partial charge in [0.25, 0.3) is 5.56 Å². The van der Waals surface area contributed by atoms with E-state index in [0.717, 1.165) is 27.8 Å². The molecule has 176 valence electrons. The molecule has 0 N–H and O–H groups in total. The molecule has 5 rings (SSSR count). The van der Waals surface area contributed by atoms with Gasteiger partial charge in [-0.25, -0.2) is 4.79 Å². The lowest BCUT2D eigenvalue weighted by molar-refractivity contribution is -0.137. The second kappa shape index (κ2) is 7.73. The lowest BCUT2D eigenvalue weighted by Gasteiger charge is -2.28. The van der Waals surface area contributed by atoms with E-state index in [9.17, 15) is 22.8 Å². The Labute approximate surface area is 192 Å². The van der Waals surface area contributed by atoms with Crippen molar-refractivity contribution in [2.45, 2.75) is 25.7 Å². The molecular weight excluding hydrogens is 447 g/mol. The molecule has 2 aromatic heterocycles. The maximum Gasteiger partial charge on any atom is 0.416 e. The first-order chi connectivity index (χ1) is 16.1. The Bertz CT molecular complexity index is 1540. The molecule has 0 radical (unpaired) electrons. The number of fused-ring (bicyclic) bond motifs is 3. The van der Waals surface area contributed by atoms with Crippen LogP contribution >= 0.6 is 0 Å². The van der Waals surface area contributed by atoms with Crippen molar-refractivity contribution in [2.75, 3.05) is 6.61 Å². The monoisotopic (exact) mass is 469 g/mol. The quantitative estimate of drug-likeness (QED) is 0.443. The maximum atomic E-state index is 13.4. The average molecular weight is 469 g/mol. The number of aromatic nitrogens is 3. The Kier molecular flexibility index (Phi) is 5.05. The van der Waals surface area contributed by atoms with Gasteiger partial charge < -0.3 is 9.30 Å². The van der Waals surface area contributed by atoms with Crippen LogP contribution in [0.25, 0.3) is 22.2 Å². The molecule has 4 aromatic rings. The summed E-state index contributed by atoms with van der Waals surface area (Å²) < 4.78 is 49.8. The molecule has 9 heteroatoms. The Morgan fingerprint density at radius 3 is 2.35 bits per heavy atom. The zero-order valence-corrected chi connectivity index (χ0v) is 18.8. The molecule has 0 saturated heterocycles. The molecule has 0 saturated carbocycles. The number of halogens is 3. The lowest BCUT2D eigenvalue weighted by Crippen LogP contribution is -2.37. The topological polar surface area (TPSA) is 58.2 Å². The highest BCUT2D eigenvalue weighted by Gasteiger charge is 2.34. The molecule has 0 aliphatic carbocycles. The van der Waals surface area contributed by atoms with E-state index in [2.05, 4.69) is 0 Å². The Morgan fingerprint density at radius 2 is 1.71 bits per heavy atom. The molecule has 0 bridgehead atoms. The number of ether oxygens (including phenoxy) is 1. The summed E-state index contributed by atoms with van der Waals surface area (Å²) in [4.78, 5) is 26.2. The van der Waals surface area contributed by atoms with E-state index >= 15 is 0 Å². The van der Waals surface area contributed by atoms with Gasteiger partial charge in [-0.3, -0.25) is 13.9 Å². The van der Waals surface area contributed by atoms with Gasteiger partial charge >= 0.3 is 11.9 Å². The summed E-state index contributed by atoms with van der Waals surface area (Å²) in [6.45, 7) is 2.68. The number of hydrogen-bond acceptors (Lipinski definition) is 3. The highest BCUT2D eigenvalue weighted by atomic mass is 19.4. The molecule has 1 atom stereocenters. The van der Waals surface area contributed by atoms with Crippen LogP contribution in [0.2, 0.25) is 0 Å². The SMILES string of the molecule is Cc1cccc(-c2c3c(=O)n(C)c(=O)n(C)c3c3n2CCO[C@@H]3c2ccc(C(F)(F)F)cc2)c1. The molecule has 0 amide bonds. The average Bonchev–Trinajstić information content (AvgIpc) is 3.16. The minimum absolute atomic E-state index is 0.298. The van der Waals surface area contributed by atoms with Crippen molar-refractivity contribution < 1.29 is 17.9 Å². The molecule has 3 heterocycles. The van der Waals surface area contributed by atoms with Gasteiger partial charge in [0.15, 0.2) is 0 Å². The molecule has 2 aromatic carbocycles. The van der Waals surface area contributed by atoms with Crippen molar-refractivity contribution in [1.29, 1.82) is 0 Å². The van der Waals surface area contributed by atoms with E-state index in [1.54, 1.807) is 7.05 Å². The van der Waals surface area contributed by atoms with Crippen LogP contribution in [0.4, 0.5) is 13.2 Å². The van der Waals surface area contributed by atoms with Gasteiger partial charge in [-0.2, -0.15) is 13.2 Å². The second-order valence-electron chi connectivity index (χ2n) is 8.55. The third-order valence-corrected chi connectivity index (χ3v) is 6.38. The van der Waals surface area contributed by atoms with Gasteiger partial charge in [0.1, 0.15) is 6.10 Å². The minimum atomic E-state index is -4.45. The Hall–Kier alpha value is -3.59. The van der Waals surface area contributed by atoms with E-state index in [-0.39, 0.29) is 0 Å². The number of hydrogen-bond donors (Lipinski definition) is 0. The van der Waals surface area contributed by atoms with Gasteiger partial charge in [-0.15, -0.1) is 0 Å². The van der Waals surface area contributed by atoms with Crippen molar-refractivity contribution >= 4 is 10.9 Å². The van der Waals surface area contributed by atoms with E-state index < -0.39 is 29.1 Å². The molecule has 0 spiro atoms. The lowest BCUT2D eigenvalue weighted by atomic mass is 10.0. The van der Waals surface area contributed by atoms with Crippen molar-refractivity contribution in [2.24, 2.45) is 14.1 Å². The smallest absolute Gasteiger partial charge is 0.365 e. The third-order valence-electron chi connectivity index (χ3n) is 6.38. The van der Waals surface area contributed by atoms with E-state index in [0.29, 0.717) is 41.0 Å². The van der Waals surface area contributed by atoms with E-state index in [1.165, 1.54) is 23.7 Å². The van der Waals surface area contributed by atoms with E-state index in [1.807, 2.05) is 35.8 Å². The molecule has 0 fully saturated rings. The number of nitrogens with zero attached hydrogens (tertiary/aromatic N) is 3. The standard InChI is InChI=1S/C25H22F3N3O3/c1-14-5-4-6-16(13-14)19-18-20(29(2)24(33)30(3)23(18)32)21-22(34-12-11-31(19)21)15-7-9-17(10-8-15)25(26,27)28/h4-10,13,22H,11-12H2,1-3H3/t22-/m1/s1. The fraction of sp³-hybridized carbons (Fsp3) is 0.280. The van der Waals surface area contributed by atoms with Crippen LogP contribution in [0.3, 0.4) is 0 Å². The van der Waals surface area contributed by atoms with Crippen molar-refractivity contribution in [1.82, 2.24) is 13.7 Å². The zero-order chi connectivity index (χ0) is 24.4. The summed E-state index contributed by atoms with van der Waals surface area (Å²) in [6, 6.07) is 12.5. The van der Waals surface area contributed by atoms with Crippen LogP contribution in [0.5, 0.6) is 0 Å². The largest absolute Gasteiger partial charge is 0.416 e. The summed E-state index contributed by atoms with van der Waals surface area (Å²) in [6.07, 6.45) is -5.19. The van der Waals surface area contributed by atoms with E-state index in [4.69, 9.17) is 4.74 Å². The van der Waals surface area contributed by atoms with Gasteiger partial charge in [-0.1, -0.05) is 35.9 Å². The third kappa shape index (κ3) is 3.30. The van der Waals surface area contributed by atoms with Crippen LogP contribution < -0.4 is 11.2 Å². The van der Waals surface area contributed by atoms with Crippen molar-refractivity contribution in [3.63, 3.8) is 0 Å². The first kappa shape index (κ1) is 22.2. The highest BCUT2D eigenvalue weighted by Crippen LogP contribution is 2.41. The number of benzene rings is 2. The molecule has 6 nitrogen and oxygen atoms in total. The number of rotatable bonds is 2.